The summed E-state index contributed by atoms with van der Waals surface area (Å²) in [7, 11) is 1.60. The summed E-state index contributed by atoms with van der Waals surface area (Å²) in [6.07, 6.45) is 7.54. The number of dihydropyridines is 1. The molecule has 0 saturated carbocycles. The van der Waals surface area contributed by atoms with Gasteiger partial charge in [-0.15, -0.1) is 0 Å². The van der Waals surface area contributed by atoms with E-state index in [1.54, 1.807) is 31.5 Å². The smallest absolute Gasteiger partial charge is 0.141 e. The van der Waals surface area contributed by atoms with E-state index in [0.717, 1.165) is 11.4 Å². The molecule has 3 rings (SSSR count). The number of methoxy groups -OCH3 is 1. The summed E-state index contributed by atoms with van der Waals surface area (Å²) in [6, 6.07) is 10.9. The van der Waals surface area contributed by atoms with E-state index in [4.69, 9.17) is 4.74 Å². The van der Waals surface area contributed by atoms with Crippen LogP contribution < -0.4 is 10.1 Å². The molecule has 2 heterocycles. The molecule has 1 atom stereocenters. The summed E-state index contributed by atoms with van der Waals surface area (Å²) in [4.78, 5) is 4.35. The van der Waals surface area contributed by atoms with Crippen LogP contribution in [-0.2, 0) is 4.45 Å². The average molecular weight is 359 g/mol. The third kappa shape index (κ3) is 2.72. The maximum atomic E-state index is 10.2. The maximum absolute atomic E-state index is 10.2. The minimum absolute atomic E-state index is 0.178. The lowest BCUT2D eigenvalue weighted by molar-refractivity contribution is 0.409. The second-order valence-electron chi connectivity index (χ2n) is 4.87. The Bertz CT molecular complexity index is 744. The third-order valence-corrected chi connectivity index (χ3v) is 4.33. The molecule has 112 valence electrons. The Labute approximate surface area is 137 Å². The van der Waals surface area contributed by atoms with Crippen LogP contribution in [-0.4, -0.2) is 17.2 Å². The molecule has 5 heteroatoms. The first-order valence-electron chi connectivity index (χ1n) is 6.78. The molecule has 4 nitrogen and oxygen atoms in total. The molecule has 0 radical (unpaired) electrons. The van der Waals surface area contributed by atoms with E-state index < -0.39 is 4.45 Å². The van der Waals surface area contributed by atoms with Crippen molar-refractivity contribution in [2.75, 3.05) is 7.11 Å². The number of hydrogen-bond acceptors (Lipinski definition) is 4. The monoisotopic (exact) mass is 358 g/mol. The van der Waals surface area contributed by atoms with Crippen molar-refractivity contribution in [3.8, 4) is 11.5 Å². The van der Waals surface area contributed by atoms with Crippen LogP contribution in [0.5, 0.6) is 11.5 Å². The SMILES string of the molecule is COc1ccc(O)c(C2(Br)C=CC=C(c3ccccn3)N2)c1. The van der Waals surface area contributed by atoms with E-state index in [2.05, 4.69) is 26.2 Å². The first-order valence-corrected chi connectivity index (χ1v) is 7.57. The van der Waals surface area contributed by atoms with E-state index >= 15 is 0 Å². The van der Waals surface area contributed by atoms with Crippen LogP contribution in [0.4, 0.5) is 0 Å². The average Bonchev–Trinajstić information content (AvgIpc) is 2.56. The van der Waals surface area contributed by atoms with Crippen LogP contribution in [0.15, 0.2) is 60.8 Å². The van der Waals surface area contributed by atoms with Crippen LogP contribution in [0.3, 0.4) is 0 Å². The zero-order valence-electron chi connectivity index (χ0n) is 12.0. The number of rotatable bonds is 3. The Morgan fingerprint density at radius 1 is 1.27 bits per heavy atom. The Morgan fingerprint density at radius 3 is 2.86 bits per heavy atom. The highest BCUT2D eigenvalue weighted by Crippen LogP contribution is 2.41. The number of nitrogens with one attached hydrogen (secondary N) is 1. The molecule has 2 aromatic rings. The fraction of sp³-hybridized carbons (Fsp3) is 0.118. The van der Waals surface area contributed by atoms with Gasteiger partial charge in [-0.05, 0) is 42.5 Å². The summed E-state index contributed by atoms with van der Waals surface area (Å²) in [5, 5.41) is 13.6. The van der Waals surface area contributed by atoms with Crippen molar-refractivity contribution >= 4 is 21.6 Å². The molecule has 0 bridgehead atoms. The van der Waals surface area contributed by atoms with Gasteiger partial charge in [-0.3, -0.25) is 4.98 Å². The molecule has 0 saturated heterocycles. The van der Waals surface area contributed by atoms with Gasteiger partial charge < -0.3 is 15.2 Å². The lowest BCUT2D eigenvalue weighted by Gasteiger charge is -2.31. The van der Waals surface area contributed by atoms with Crippen molar-refractivity contribution < 1.29 is 9.84 Å². The molecule has 1 aromatic carbocycles. The van der Waals surface area contributed by atoms with Crippen molar-refractivity contribution in [2.24, 2.45) is 0 Å². The van der Waals surface area contributed by atoms with Crippen molar-refractivity contribution in [3.05, 3.63) is 72.1 Å². The number of pyridine rings is 1. The predicted molar refractivity (Wildman–Crippen MR) is 89.8 cm³/mol. The molecule has 1 unspecified atom stereocenters. The Morgan fingerprint density at radius 2 is 2.14 bits per heavy atom. The number of benzene rings is 1. The van der Waals surface area contributed by atoms with Crippen molar-refractivity contribution in [1.29, 1.82) is 0 Å². The van der Waals surface area contributed by atoms with E-state index in [0.29, 0.717) is 11.3 Å². The number of alkyl halides is 1. The topological polar surface area (TPSA) is 54.4 Å². The number of aromatic nitrogens is 1. The van der Waals surface area contributed by atoms with Gasteiger partial charge in [0.05, 0.1) is 18.5 Å². The zero-order valence-corrected chi connectivity index (χ0v) is 13.5. The molecule has 1 aliphatic heterocycles. The van der Waals surface area contributed by atoms with Crippen LogP contribution in [0.2, 0.25) is 0 Å². The fourth-order valence-electron chi connectivity index (χ4n) is 2.32. The first kappa shape index (κ1) is 14.7. The highest BCUT2D eigenvalue weighted by molar-refractivity contribution is 9.09. The molecule has 2 N–H and O–H groups in total. The van der Waals surface area contributed by atoms with Gasteiger partial charge in [-0.2, -0.15) is 0 Å². The van der Waals surface area contributed by atoms with Gasteiger partial charge in [0.25, 0.3) is 0 Å². The van der Waals surface area contributed by atoms with Crippen molar-refractivity contribution in [3.63, 3.8) is 0 Å². The molecule has 1 aromatic heterocycles. The molecule has 22 heavy (non-hydrogen) atoms. The number of phenols is 1. The number of aromatic hydroxyl groups is 1. The third-order valence-electron chi connectivity index (χ3n) is 3.44. The van der Waals surface area contributed by atoms with Gasteiger partial charge in [0, 0.05) is 11.8 Å². The number of halogens is 1. The predicted octanol–water partition coefficient (Wildman–Crippen LogP) is 3.54. The maximum Gasteiger partial charge on any atom is 0.141 e. The largest absolute Gasteiger partial charge is 0.508 e. The van der Waals surface area contributed by atoms with Crippen LogP contribution in [0.1, 0.15) is 11.3 Å². The van der Waals surface area contributed by atoms with E-state index in [9.17, 15) is 5.11 Å². The molecular formula is C17H15BrN2O2. The Hall–Kier alpha value is -2.27. The lowest BCUT2D eigenvalue weighted by Crippen LogP contribution is -2.35. The summed E-state index contributed by atoms with van der Waals surface area (Å²) >= 11 is 3.67. The lowest BCUT2D eigenvalue weighted by atomic mass is 10.0. The number of phenolic OH excluding ortho intramolecular Hbond substituents is 1. The molecule has 0 fully saturated rings. The second-order valence-corrected chi connectivity index (χ2v) is 6.13. The van der Waals surface area contributed by atoms with E-state index in [1.807, 2.05) is 36.4 Å². The van der Waals surface area contributed by atoms with Crippen LogP contribution in [0, 0.1) is 0 Å². The number of ether oxygens (including phenoxy) is 1. The standard InChI is InChI=1S/C17H15BrN2O2/c1-22-12-7-8-16(21)13(11-12)17(18)9-4-6-15(20-17)14-5-2-3-10-19-14/h2-11,20-21H,1H3. The number of allylic oxidation sites excluding steroid dienone is 2. The van der Waals surface area contributed by atoms with Gasteiger partial charge >= 0.3 is 0 Å². The summed E-state index contributed by atoms with van der Waals surface area (Å²) in [5.74, 6) is 0.855. The molecule has 0 aliphatic carbocycles. The quantitative estimate of drug-likeness (QED) is 0.650. The second kappa shape index (κ2) is 5.85. The molecule has 0 amide bonds. The van der Waals surface area contributed by atoms with Crippen LogP contribution >= 0.6 is 15.9 Å². The highest BCUT2D eigenvalue weighted by Gasteiger charge is 2.32. The number of hydrogen-bond donors (Lipinski definition) is 2. The molecular weight excluding hydrogens is 344 g/mol. The summed E-state index contributed by atoms with van der Waals surface area (Å²) < 4.78 is 4.52. The van der Waals surface area contributed by atoms with Gasteiger partial charge in [0.1, 0.15) is 15.9 Å². The fourth-order valence-corrected chi connectivity index (χ4v) is 3.00. The summed E-state index contributed by atoms with van der Waals surface area (Å²) in [5.41, 5.74) is 2.37. The zero-order chi connectivity index (χ0) is 15.6. The summed E-state index contributed by atoms with van der Waals surface area (Å²) in [6.45, 7) is 0. The minimum Gasteiger partial charge on any atom is -0.508 e. The van der Waals surface area contributed by atoms with Gasteiger partial charge in [-0.1, -0.05) is 28.1 Å². The van der Waals surface area contributed by atoms with Crippen LogP contribution in [0.25, 0.3) is 5.70 Å². The van der Waals surface area contributed by atoms with E-state index in [-0.39, 0.29) is 5.75 Å². The Kier molecular flexibility index (Phi) is 3.90. The van der Waals surface area contributed by atoms with Gasteiger partial charge in [0.15, 0.2) is 0 Å². The van der Waals surface area contributed by atoms with Gasteiger partial charge in [0.2, 0.25) is 0 Å². The number of nitrogens with zero attached hydrogens (tertiary/aromatic N) is 1. The normalized spacial score (nSPS) is 20.2. The van der Waals surface area contributed by atoms with E-state index in [1.165, 1.54) is 0 Å². The highest BCUT2D eigenvalue weighted by atomic mass is 79.9. The first-order chi connectivity index (χ1) is 10.6. The molecule has 1 aliphatic rings. The minimum atomic E-state index is -0.729. The van der Waals surface area contributed by atoms with Crippen molar-refractivity contribution in [1.82, 2.24) is 10.3 Å². The molecule has 0 spiro atoms. The Balaban J connectivity index is 1.99. The van der Waals surface area contributed by atoms with Gasteiger partial charge in [-0.25, -0.2) is 0 Å². The van der Waals surface area contributed by atoms with Crippen molar-refractivity contribution in [2.45, 2.75) is 4.45 Å².